The van der Waals surface area contributed by atoms with Crippen LogP contribution in [0.3, 0.4) is 0 Å². The fraction of sp³-hybridized carbons (Fsp3) is 0.375. The van der Waals surface area contributed by atoms with Crippen molar-refractivity contribution in [1.82, 2.24) is 0 Å². The quantitative estimate of drug-likeness (QED) is 0.191. The van der Waals surface area contributed by atoms with Crippen molar-refractivity contribution < 1.29 is 14.4 Å². The summed E-state index contributed by atoms with van der Waals surface area (Å²) in [6.07, 6.45) is 30.5. The molecule has 3 heteroatoms. The Hall–Kier alpha value is -3.85. The molecule has 0 saturated heterocycles. The maximum absolute atomic E-state index is 12.2. The number of carbonyl (C=O) groups excluding carboxylic acids is 3. The van der Waals surface area contributed by atoms with E-state index in [1.807, 2.05) is 64.2 Å². The largest absolute Gasteiger partial charge is 0.295 e. The number of hydrogen-bond donors (Lipinski definition) is 0. The summed E-state index contributed by atoms with van der Waals surface area (Å²) in [5.41, 5.74) is 7.69. The Labute approximate surface area is 260 Å². The van der Waals surface area contributed by atoms with Crippen molar-refractivity contribution in [2.45, 2.75) is 88.5 Å². The van der Waals surface area contributed by atoms with Gasteiger partial charge in [0.25, 0.3) is 0 Å². The van der Waals surface area contributed by atoms with E-state index in [4.69, 9.17) is 0 Å². The smallest absolute Gasteiger partial charge is 0.224 e. The van der Waals surface area contributed by atoms with Gasteiger partial charge in [-0.3, -0.25) is 14.4 Å². The second-order valence-electron chi connectivity index (χ2n) is 13.1. The molecule has 2 aliphatic carbocycles. The van der Waals surface area contributed by atoms with Crippen molar-refractivity contribution >= 4 is 17.3 Å². The molecule has 0 saturated carbocycles. The molecule has 0 aromatic rings. The Kier molecular flexibility index (Phi) is 12.8. The number of hydrogen-bond acceptors (Lipinski definition) is 3. The molecule has 0 radical (unpaired) electrons. The summed E-state index contributed by atoms with van der Waals surface area (Å²) in [5.74, 6) is -0.399. The van der Waals surface area contributed by atoms with Gasteiger partial charge in [0, 0.05) is 18.4 Å². The molecule has 0 spiro atoms. The van der Waals surface area contributed by atoms with Crippen LogP contribution >= 0.6 is 0 Å². The lowest BCUT2D eigenvalue weighted by Gasteiger charge is -2.32. The van der Waals surface area contributed by atoms with E-state index in [1.165, 1.54) is 0 Å². The molecule has 2 rings (SSSR count). The molecule has 0 fully saturated rings. The lowest BCUT2D eigenvalue weighted by Crippen LogP contribution is -2.32. The number of rotatable bonds is 10. The average molecular weight is 579 g/mol. The number of carbonyl (C=O) groups is 3. The van der Waals surface area contributed by atoms with Gasteiger partial charge in [0.1, 0.15) is 0 Å². The monoisotopic (exact) mass is 578 g/mol. The van der Waals surface area contributed by atoms with Crippen molar-refractivity contribution in [2.24, 2.45) is 10.8 Å². The Balaban J connectivity index is 1.94. The van der Waals surface area contributed by atoms with E-state index in [2.05, 4.69) is 83.2 Å². The molecule has 0 bridgehead atoms. The fourth-order valence-corrected chi connectivity index (χ4v) is 5.29. The van der Waals surface area contributed by atoms with Crippen LogP contribution in [-0.2, 0) is 14.4 Å². The van der Waals surface area contributed by atoms with Gasteiger partial charge in [-0.2, -0.15) is 0 Å². The Morgan fingerprint density at radius 1 is 0.558 bits per heavy atom. The molecule has 0 heterocycles. The van der Waals surface area contributed by atoms with Crippen molar-refractivity contribution in [3.63, 3.8) is 0 Å². The second kappa shape index (κ2) is 15.6. The van der Waals surface area contributed by atoms with E-state index < -0.39 is 0 Å². The molecule has 0 aromatic carbocycles. The summed E-state index contributed by atoms with van der Waals surface area (Å²) < 4.78 is 0. The molecule has 2 aliphatic rings. The molecule has 0 N–H and O–H groups in total. The van der Waals surface area contributed by atoms with E-state index in [9.17, 15) is 14.4 Å². The Bertz CT molecular complexity index is 1460. The molecule has 3 nitrogen and oxygen atoms in total. The van der Waals surface area contributed by atoms with Crippen LogP contribution in [0.25, 0.3) is 0 Å². The van der Waals surface area contributed by atoms with Gasteiger partial charge < -0.3 is 0 Å². The van der Waals surface area contributed by atoms with E-state index in [0.717, 1.165) is 45.4 Å². The van der Waals surface area contributed by atoms with E-state index in [0.29, 0.717) is 12.0 Å². The third-order valence-corrected chi connectivity index (χ3v) is 8.15. The van der Waals surface area contributed by atoms with Crippen LogP contribution in [0.4, 0.5) is 0 Å². The SMILES string of the molecule is CC1=C(/C=C/C(C)=C/C=C/C(C)=C/C=C/C=C(C)/C=C/C=C(C)/C=C/C2=C(C)C(=O)C(=O)CC2(C)C)C(C)(C)CCC1=O. The molecular weight excluding hydrogens is 528 g/mol. The van der Waals surface area contributed by atoms with Crippen molar-refractivity contribution in [1.29, 1.82) is 0 Å². The molecule has 0 unspecified atom stereocenters. The zero-order valence-corrected chi connectivity index (χ0v) is 27.9. The van der Waals surface area contributed by atoms with Crippen molar-refractivity contribution in [3.05, 3.63) is 130 Å². The highest BCUT2D eigenvalue weighted by Crippen LogP contribution is 2.40. The van der Waals surface area contributed by atoms with Gasteiger partial charge in [-0.15, -0.1) is 0 Å². The van der Waals surface area contributed by atoms with Gasteiger partial charge in [-0.1, -0.05) is 135 Å². The second-order valence-corrected chi connectivity index (χ2v) is 13.1. The molecule has 0 atom stereocenters. The first-order valence-corrected chi connectivity index (χ1v) is 15.2. The minimum absolute atomic E-state index is 0.0309. The number of allylic oxidation sites excluding steroid dienone is 22. The maximum Gasteiger partial charge on any atom is 0.224 e. The highest BCUT2D eigenvalue weighted by atomic mass is 16.2. The van der Waals surface area contributed by atoms with Crippen LogP contribution in [0.15, 0.2) is 130 Å². The lowest BCUT2D eigenvalue weighted by molar-refractivity contribution is -0.136. The molecule has 0 aliphatic heterocycles. The Morgan fingerprint density at radius 3 is 1.47 bits per heavy atom. The summed E-state index contributed by atoms with van der Waals surface area (Å²) in [6.45, 7) is 20.3. The van der Waals surface area contributed by atoms with Crippen LogP contribution in [0.2, 0.25) is 0 Å². The summed E-state index contributed by atoms with van der Waals surface area (Å²) in [6, 6.07) is 0. The van der Waals surface area contributed by atoms with Crippen molar-refractivity contribution in [2.75, 3.05) is 0 Å². The molecule has 0 amide bonds. The minimum Gasteiger partial charge on any atom is -0.295 e. The summed E-state index contributed by atoms with van der Waals surface area (Å²) in [7, 11) is 0. The van der Waals surface area contributed by atoms with Crippen LogP contribution in [0.1, 0.15) is 88.5 Å². The van der Waals surface area contributed by atoms with Gasteiger partial charge in [0.15, 0.2) is 5.78 Å². The molecule has 0 aromatic heterocycles. The standard InChI is InChI=1S/C40H50O3/c1-28(17-13-19-30(3)21-23-34-32(5)36(41)25-26-39(34,7)8)15-11-12-16-29(2)18-14-20-31(4)22-24-35-33(6)38(43)37(42)27-40(35,9)10/h11-24H,25-27H2,1-10H3/b12-11+,17-13+,18-14+,23-21+,24-22+,28-15+,29-16+,30-19+,31-20+. The highest BCUT2D eigenvalue weighted by molar-refractivity contribution is 6.44. The topological polar surface area (TPSA) is 51.2 Å². The zero-order valence-electron chi connectivity index (χ0n) is 27.9. The summed E-state index contributed by atoms with van der Waals surface area (Å²) in [4.78, 5) is 36.2. The molecule has 43 heavy (non-hydrogen) atoms. The third kappa shape index (κ3) is 10.7. The van der Waals surface area contributed by atoms with Gasteiger partial charge in [-0.25, -0.2) is 0 Å². The van der Waals surface area contributed by atoms with Gasteiger partial charge in [0.05, 0.1) is 0 Å². The van der Waals surface area contributed by atoms with Crippen LogP contribution in [0, 0.1) is 10.8 Å². The first-order valence-electron chi connectivity index (χ1n) is 15.2. The highest BCUT2D eigenvalue weighted by Gasteiger charge is 2.36. The predicted molar refractivity (Wildman–Crippen MR) is 183 cm³/mol. The van der Waals surface area contributed by atoms with Crippen LogP contribution in [-0.4, -0.2) is 17.3 Å². The number of Topliss-reactive ketones (excluding diaryl/α,β-unsaturated/α-hetero) is 3. The first kappa shape index (κ1) is 35.3. The van der Waals surface area contributed by atoms with Gasteiger partial charge in [0.2, 0.25) is 11.6 Å². The first-order chi connectivity index (χ1) is 20.0. The summed E-state index contributed by atoms with van der Waals surface area (Å²) >= 11 is 0. The maximum atomic E-state index is 12.2. The lowest BCUT2D eigenvalue weighted by atomic mass is 9.71. The normalized spacial score (nSPS) is 21.4. The van der Waals surface area contributed by atoms with E-state index in [-0.39, 0.29) is 34.6 Å². The van der Waals surface area contributed by atoms with E-state index >= 15 is 0 Å². The molecular formula is C40H50O3. The summed E-state index contributed by atoms with van der Waals surface area (Å²) in [5, 5.41) is 0. The average Bonchev–Trinajstić information content (AvgIpc) is 2.91. The van der Waals surface area contributed by atoms with Crippen molar-refractivity contribution in [3.8, 4) is 0 Å². The van der Waals surface area contributed by atoms with E-state index in [1.54, 1.807) is 6.92 Å². The fourth-order valence-electron chi connectivity index (χ4n) is 5.29. The number of ketones is 3. The predicted octanol–water partition coefficient (Wildman–Crippen LogP) is 10.1. The van der Waals surface area contributed by atoms with Crippen LogP contribution < -0.4 is 0 Å². The minimum atomic E-state index is -0.363. The zero-order chi connectivity index (χ0) is 32.4. The van der Waals surface area contributed by atoms with Gasteiger partial charge in [-0.05, 0) is 75.5 Å². The van der Waals surface area contributed by atoms with Gasteiger partial charge >= 0.3 is 0 Å². The van der Waals surface area contributed by atoms with Crippen LogP contribution in [0.5, 0.6) is 0 Å². The third-order valence-electron chi connectivity index (χ3n) is 8.15. The molecule has 228 valence electrons. The Morgan fingerprint density at radius 2 is 0.977 bits per heavy atom.